The second kappa shape index (κ2) is 8.78. The summed E-state index contributed by atoms with van der Waals surface area (Å²) in [5, 5.41) is 0. The summed E-state index contributed by atoms with van der Waals surface area (Å²) < 4.78 is 26.3. The van der Waals surface area contributed by atoms with Crippen molar-refractivity contribution in [1.82, 2.24) is 4.90 Å². The number of hydrogen-bond acceptors (Lipinski definition) is 4. The molecule has 3 aromatic carbocycles. The molecule has 0 aliphatic carbocycles. The molecule has 30 heavy (non-hydrogen) atoms. The zero-order chi connectivity index (χ0) is 21.1. The van der Waals surface area contributed by atoms with E-state index in [1.165, 1.54) is 12.1 Å². The Morgan fingerprint density at radius 2 is 1.73 bits per heavy atom. The molecule has 0 spiro atoms. The van der Waals surface area contributed by atoms with Crippen molar-refractivity contribution in [1.29, 1.82) is 0 Å². The van der Waals surface area contributed by atoms with Gasteiger partial charge in [-0.1, -0.05) is 60.7 Å². The number of carbonyl (C=O) groups is 1. The predicted octanol–water partition coefficient (Wildman–Crippen LogP) is 4.79. The summed E-state index contributed by atoms with van der Waals surface area (Å²) in [6.45, 7) is 0.249. The van der Waals surface area contributed by atoms with E-state index in [0.717, 1.165) is 5.56 Å². The zero-order valence-corrected chi connectivity index (χ0v) is 17.0. The first-order valence-corrected chi connectivity index (χ1v) is 9.93. The minimum Gasteiger partial charge on any atom is -0.460 e. The van der Waals surface area contributed by atoms with Crippen molar-refractivity contribution in [3.8, 4) is 5.75 Å². The molecule has 0 saturated heterocycles. The Bertz CT molecular complexity index is 1020. The Hall–Kier alpha value is -3.02. The Morgan fingerprint density at radius 1 is 1.07 bits per heavy atom. The molecule has 1 aliphatic rings. The maximum absolute atomic E-state index is 14.3. The Kier molecular flexibility index (Phi) is 5.93. The van der Waals surface area contributed by atoms with E-state index in [9.17, 15) is 9.18 Å². The maximum atomic E-state index is 14.3. The normalized spacial score (nSPS) is 16.6. The van der Waals surface area contributed by atoms with Crippen molar-refractivity contribution in [3.63, 3.8) is 0 Å². The maximum Gasteiger partial charge on any atom is 0.227 e. The van der Waals surface area contributed by atoms with E-state index in [0.29, 0.717) is 28.9 Å². The molecule has 0 aromatic heterocycles. The van der Waals surface area contributed by atoms with Gasteiger partial charge in [0.15, 0.2) is 5.78 Å². The van der Waals surface area contributed by atoms with Gasteiger partial charge in [-0.3, -0.25) is 9.69 Å². The molecular weight excluding hydrogens is 381 g/mol. The number of halogens is 1. The SMILES string of the molecule is CN(C)[C@@H](Cc1cc(F)cc2c1O[C@H](c1ccccc1)OC2)C(=O)c1ccccc1. The number of ether oxygens (including phenoxy) is 2. The van der Waals surface area contributed by atoms with Crippen molar-refractivity contribution in [2.45, 2.75) is 25.4 Å². The fraction of sp³-hybridized carbons (Fsp3) is 0.240. The Morgan fingerprint density at radius 3 is 2.40 bits per heavy atom. The standard InChI is InChI=1S/C25H24FNO3/c1-27(2)22(23(28)17-9-5-3-6-10-17)15-19-13-21(26)14-20-16-29-25(30-24(19)20)18-11-7-4-8-12-18/h3-14,22,25H,15-16H2,1-2H3/t22-,25+/m0/s1. The first-order chi connectivity index (χ1) is 14.5. The molecule has 0 N–H and O–H groups in total. The van der Waals surface area contributed by atoms with Gasteiger partial charge in [-0.25, -0.2) is 4.39 Å². The highest BCUT2D eigenvalue weighted by molar-refractivity contribution is 6.00. The molecule has 3 aromatic rings. The molecule has 0 amide bonds. The highest BCUT2D eigenvalue weighted by Gasteiger charge is 2.29. The third-order valence-electron chi connectivity index (χ3n) is 5.29. The number of likely N-dealkylation sites (N-methyl/N-ethyl adjacent to an activating group) is 1. The molecule has 0 saturated carbocycles. The van der Waals surface area contributed by atoms with Crippen LogP contribution in [0.25, 0.3) is 0 Å². The number of Topliss-reactive ketones (excluding diaryl/α,β-unsaturated/α-hetero) is 1. The minimum absolute atomic E-state index is 0.00900. The van der Waals surface area contributed by atoms with Crippen LogP contribution < -0.4 is 4.74 Å². The summed E-state index contributed by atoms with van der Waals surface area (Å²) in [6, 6.07) is 21.2. The number of rotatable bonds is 6. The molecule has 0 unspecified atom stereocenters. The fourth-order valence-electron chi connectivity index (χ4n) is 3.72. The van der Waals surface area contributed by atoms with Gasteiger partial charge in [0.2, 0.25) is 6.29 Å². The number of carbonyl (C=O) groups excluding carboxylic acids is 1. The quantitative estimate of drug-likeness (QED) is 0.553. The van der Waals surface area contributed by atoms with Gasteiger partial charge in [0.05, 0.1) is 12.6 Å². The van der Waals surface area contributed by atoms with Crippen LogP contribution in [0.1, 0.15) is 33.3 Å². The molecule has 0 bridgehead atoms. The first-order valence-electron chi connectivity index (χ1n) is 9.93. The predicted molar refractivity (Wildman–Crippen MR) is 113 cm³/mol. The van der Waals surface area contributed by atoms with Crippen LogP contribution >= 0.6 is 0 Å². The Labute approximate surface area is 175 Å². The van der Waals surface area contributed by atoms with Crippen LogP contribution in [0.2, 0.25) is 0 Å². The molecule has 0 radical (unpaired) electrons. The van der Waals surface area contributed by atoms with Crippen LogP contribution in [-0.2, 0) is 17.8 Å². The molecule has 4 rings (SSSR count). The summed E-state index contributed by atoms with van der Waals surface area (Å²) in [7, 11) is 3.71. The Balaban J connectivity index is 1.65. The minimum atomic E-state index is -0.564. The summed E-state index contributed by atoms with van der Waals surface area (Å²) in [5.74, 6) is 0.230. The second-order valence-corrected chi connectivity index (χ2v) is 7.64. The smallest absolute Gasteiger partial charge is 0.227 e. The van der Waals surface area contributed by atoms with Crippen LogP contribution in [0.5, 0.6) is 5.75 Å². The molecule has 1 aliphatic heterocycles. The molecular formula is C25H24FNO3. The second-order valence-electron chi connectivity index (χ2n) is 7.64. The molecule has 0 fully saturated rings. The number of ketones is 1. The highest BCUT2D eigenvalue weighted by atomic mass is 19.1. The summed E-state index contributed by atoms with van der Waals surface area (Å²) in [5.41, 5.74) is 2.84. The average molecular weight is 405 g/mol. The third kappa shape index (κ3) is 4.27. The number of fused-ring (bicyclic) bond motifs is 1. The van der Waals surface area contributed by atoms with E-state index < -0.39 is 12.3 Å². The number of benzene rings is 3. The van der Waals surface area contributed by atoms with Crippen molar-refractivity contribution >= 4 is 5.78 Å². The van der Waals surface area contributed by atoms with E-state index >= 15 is 0 Å². The first kappa shape index (κ1) is 20.3. The lowest BCUT2D eigenvalue weighted by Crippen LogP contribution is -2.38. The van der Waals surface area contributed by atoms with E-state index in [-0.39, 0.29) is 18.2 Å². The monoisotopic (exact) mass is 405 g/mol. The van der Waals surface area contributed by atoms with E-state index in [4.69, 9.17) is 9.47 Å². The zero-order valence-electron chi connectivity index (χ0n) is 17.0. The lowest BCUT2D eigenvalue weighted by Gasteiger charge is -2.30. The van der Waals surface area contributed by atoms with Crippen molar-refractivity contribution in [2.75, 3.05) is 14.1 Å². The molecule has 2 atom stereocenters. The molecule has 1 heterocycles. The number of hydrogen-bond donors (Lipinski definition) is 0. The highest BCUT2D eigenvalue weighted by Crippen LogP contribution is 2.37. The van der Waals surface area contributed by atoms with E-state index in [2.05, 4.69) is 0 Å². The van der Waals surface area contributed by atoms with Crippen LogP contribution in [0.3, 0.4) is 0 Å². The van der Waals surface area contributed by atoms with Gasteiger partial charge in [0.1, 0.15) is 11.6 Å². The van der Waals surface area contributed by atoms with Crippen LogP contribution in [0, 0.1) is 5.82 Å². The van der Waals surface area contributed by atoms with E-state index in [1.807, 2.05) is 67.5 Å². The van der Waals surface area contributed by atoms with Gasteiger partial charge in [-0.2, -0.15) is 0 Å². The summed E-state index contributed by atoms with van der Waals surface area (Å²) >= 11 is 0. The lowest BCUT2D eigenvalue weighted by atomic mass is 9.94. The van der Waals surface area contributed by atoms with Crippen LogP contribution in [0.4, 0.5) is 4.39 Å². The van der Waals surface area contributed by atoms with Crippen LogP contribution in [0.15, 0.2) is 72.8 Å². The van der Waals surface area contributed by atoms with Crippen molar-refractivity contribution in [3.05, 3.63) is 101 Å². The number of nitrogens with zero attached hydrogens (tertiary/aromatic N) is 1. The topological polar surface area (TPSA) is 38.8 Å². The summed E-state index contributed by atoms with van der Waals surface area (Å²) in [6.07, 6.45) is -0.229. The molecule has 154 valence electrons. The van der Waals surface area contributed by atoms with Gasteiger partial charge < -0.3 is 9.47 Å². The average Bonchev–Trinajstić information content (AvgIpc) is 2.77. The third-order valence-corrected chi connectivity index (χ3v) is 5.29. The van der Waals surface area contributed by atoms with Gasteiger partial charge in [0.25, 0.3) is 0 Å². The van der Waals surface area contributed by atoms with E-state index in [1.54, 1.807) is 12.1 Å². The van der Waals surface area contributed by atoms with Gasteiger partial charge >= 0.3 is 0 Å². The van der Waals surface area contributed by atoms with Crippen molar-refractivity contribution < 1.29 is 18.7 Å². The van der Waals surface area contributed by atoms with Crippen molar-refractivity contribution in [2.24, 2.45) is 0 Å². The van der Waals surface area contributed by atoms with Gasteiger partial charge in [0, 0.05) is 16.7 Å². The molecule has 4 nitrogen and oxygen atoms in total. The fourth-order valence-corrected chi connectivity index (χ4v) is 3.72. The van der Waals surface area contributed by atoms with Gasteiger partial charge in [-0.05, 0) is 38.2 Å². The largest absolute Gasteiger partial charge is 0.460 e. The molecule has 5 heteroatoms. The van der Waals surface area contributed by atoms with Gasteiger partial charge in [-0.15, -0.1) is 0 Å². The lowest BCUT2D eigenvalue weighted by molar-refractivity contribution is -0.112. The summed E-state index contributed by atoms with van der Waals surface area (Å²) in [4.78, 5) is 15.0. The van der Waals surface area contributed by atoms with Crippen LogP contribution in [-0.4, -0.2) is 30.8 Å².